The fraction of sp³-hybridized carbons (Fsp3) is 1.00. The highest BCUT2D eigenvalue weighted by atomic mass is 16.3. The predicted molar refractivity (Wildman–Crippen MR) is 46.4 cm³/mol. The summed E-state index contributed by atoms with van der Waals surface area (Å²) in [4.78, 5) is 0. The van der Waals surface area contributed by atoms with Crippen LogP contribution in [0.25, 0.3) is 0 Å². The van der Waals surface area contributed by atoms with E-state index >= 15 is 0 Å². The Morgan fingerprint density at radius 1 is 1.45 bits per heavy atom. The molecule has 0 amide bonds. The first kappa shape index (κ1) is 9.01. The van der Waals surface area contributed by atoms with Crippen LogP contribution in [-0.4, -0.2) is 23.8 Å². The van der Waals surface area contributed by atoms with Gasteiger partial charge in [-0.05, 0) is 24.8 Å². The maximum atomic E-state index is 9.68. The third kappa shape index (κ3) is 2.17. The van der Waals surface area contributed by atoms with Gasteiger partial charge in [-0.15, -0.1) is 0 Å². The predicted octanol–water partition coefficient (Wildman–Crippen LogP) is 1.00. The summed E-state index contributed by atoms with van der Waals surface area (Å²) in [7, 11) is 0. The average Bonchev–Trinajstić information content (AvgIpc) is 2.34. The van der Waals surface area contributed by atoms with Gasteiger partial charge in [0.1, 0.15) is 0 Å². The molecule has 66 valence electrons. The lowest BCUT2D eigenvalue weighted by atomic mass is 9.96. The van der Waals surface area contributed by atoms with Crippen molar-refractivity contribution >= 4 is 0 Å². The Hall–Kier alpha value is -0.0800. The largest absolute Gasteiger partial charge is 0.391 e. The third-order valence-corrected chi connectivity index (χ3v) is 2.48. The summed E-state index contributed by atoms with van der Waals surface area (Å²) in [5, 5.41) is 13.0. The zero-order chi connectivity index (χ0) is 8.43. The molecule has 1 aliphatic rings. The van der Waals surface area contributed by atoms with Gasteiger partial charge in [0, 0.05) is 6.04 Å². The molecule has 1 saturated heterocycles. The smallest absolute Gasteiger partial charge is 0.0716 e. The molecule has 0 aromatic rings. The highest BCUT2D eigenvalue weighted by Crippen LogP contribution is 2.19. The molecule has 2 nitrogen and oxygen atoms in total. The van der Waals surface area contributed by atoms with Crippen LogP contribution in [0.3, 0.4) is 0 Å². The minimum absolute atomic E-state index is 0.167. The normalized spacial score (nSPS) is 34.6. The van der Waals surface area contributed by atoms with E-state index in [-0.39, 0.29) is 6.10 Å². The van der Waals surface area contributed by atoms with E-state index in [1.54, 1.807) is 0 Å². The minimum Gasteiger partial charge on any atom is -0.391 e. The maximum absolute atomic E-state index is 9.68. The first-order chi connectivity index (χ1) is 5.11. The highest BCUT2D eigenvalue weighted by molar-refractivity contribution is 4.85. The summed E-state index contributed by atoms with van der Waals surface area (Å²) in [6.07, 6.45) is 0.958. The van der Waals surface area contributed by atoms with Gasteiger partial charge in [0.15, 0.2) is 0 Å². The Kier molecular flexibility index (Phi) is 2.90. The summed E-state index contributed by atoms with van der Waals surface area (Å²) in [6.45, 7) is 7.42. The molecule has 0 aliphatic carbocycles. The van der Waals surface area contributed by atoms with Crippen LogP contribution in [0.5, 0.6) is 0 Å². The zero-order valence-corrected chi connectivity index (χ0v) is 7.67. The van der Waals surface area contributed by atoms with Gasteiger partial charge in [0.05, 0.1) is 6.10 Å². The van der Waals surface area contributed by atoms with Crippen molar-refractivity contribution in [2.24, 2.45) is 11.8 Å². The lowest BCUT2D eigenvalue weighted by Crippen LogP contribution is -2.37. The lowest BCUT2D eigenvalue weighted by molar-refractivity contribution is 0.0895. The second kappa shape index (κ2) is 3.55. The number of rotatable bonds is 2. The number of hydrogen-bond acceptors (Lipinski definition) is 2. The van der Waals surface area contributed by atoms with Crippen LogP contribution < -0.4 is 5.32 Å². The molecule has 0 saturated carbocycles. The van der Waals surface area contributed by atoms with Crippen LogP contribution >= 0.6 is 0 Å². The molecule has 0 aromatic heterocycles. The summed E-state index contributed by atoms with van der Waals surface area (Å²) in [6, 6.07) is 0.338. The van der Waals surface area contributed by atoms with Crippen LogP contribution in [0, 0.1) is 11.8 Å². The summed E-state index contributed by atoms with van der Waals surface area (Å²) < 4.78 is 0. The molecule has 1 aliphatic heterocycles. The first-order valence-electron chi connectivity index (χ1n) is 4.52. The van der Waals surface area contributed by atoms with E-state index in [9.17, 15) is 5.11 Å². The quantitative estimate of drug-likeness (QED) is 0.627. The molecule has 0 aromatic carbocycles. The lowest BCUT2D eigenvalue weighted by Gasteiger charge is -2.21. The SMILES string of the molecule is CC(C)C(O)[C@@H]1C[C@@H](C)CN1. The van der Waals surface area contributed by atoms with Crippen LogP contribution in [0.15, 0.2) is 0 Å². The highest BCUT2D eigenvalue weighted by Gasteiger charge is 2.28. The minimum atomic E-state index is -0.167. The van der Waals surface area contributed by atoms with E-state index in [2.05, 4.69) is 26.1 Å². The van der Waals surface area contributed by atoms with Crippen LogP contribution in [0.4, 0.5) is 0 Å². The van der Waals surface area contributed by atoms with Crippen molar-refractivity contribution in [1.29, 1.82) is 0 Å². The average molecular weight is 157 g/mol. The maximum Gasteiger partial charge on any atom is 0.0716 e. The van der Waals surface area contributed by atoms with E-state index in [0.29, 0.717) is 12.0 Å². The van der Waals surface area contributed by atoms with Gasteiger partial charge in [-0.2, -0.15) is 0 Å². The fourth-order valence-electron chi connectivity index (χ4n) is 1.68. The molecule has 0 radical (unpaired) electrons. The van der Waals surface area contributed by atoms with E-state index in [4.69, 9.17) is 0 Å². The molecule has 0 bridgehead atoms. The molecule has 1 unspecified atom stereocenters. The van der Waals surface area contributed by atoms with Crippen molar-refractivity contribution in [1.82, 2.24) is 5.32 Å². The number of aliphatic hydroxyl groups excluding tert-OH is 1. The molecular formula is C9H19NO. The van der Waals surface area contributed by atoms with E-state index < -0.39 is 0 Å². The van der Waals surface area contributed by atoms with Crippen LogP contribution in [0.2, 0.25) is 0 Å². The molecule has 2 N–H and O–H groups in total. The van der Waals surface area contributed by atoms with Gasteiger partial charge in [0.25, 0.3) is 0 Å². The molecule has 0 spiro atoms. The van der Waals surface area contributed by atoms with Crippen molar-refractivity contribution in [3.05, 3.63) is 0 Å². The zero-order valence-electron chi connectivity index (χ0n) is 7.67. The van der Waals surface area contributed by atoms with Crippen LogP contribution in [-0.2, 0) is 0 Å². The van der Waals surface area contributed by atoms with Gasteiger partial charge in [-0.3, -0.25) is 0 Å². The van der Waals surface area contributed by atoms with Crippen molar-refractivity contribution in [2.75, 3.05) is 6.54 Å². The Morgan fingerprint density at radius 3 is 2.45 bits per heavy atom. The molecule has 3 atom stereocenters. The Labute approximate surface area is 69.0 Å². The fourth-order valence-corrected chi connectivity index (χ4v) is 1.68. The molecule has 1 heterocycles. The molecule has 1 rings (SSSR count). The summed E-state index contributed by atoms with van der Waals surface area (Å²) >= 11 is 0. The van der Waals surface area contributed by atoms with Crippen molar-refractivity contribution in [3.63, 3.8) is 0 Å². The van der Waals surface area contributed by atoms with Crippen LogP contribution in [0.1, 0.15) is 27.2 Å². The third-order valence-electron chi connectivity index (χ3n) is 2.48. The van der Waals surface area contributed by atoms with E-state index in [1.165, 1.54) is 0 Å². The standard InChI is InChI=1S/C9H19NO/c1-6(2)9(11)8-4-7(3)5-10-8/h6-11H,4-5H2,1-3H3/t7-,8+,9?/m1/s1. The molecular weight excluding hydrogens is 138 g/mol. The Bertz CT molecular complexity index is 125. The van der Waals surface area contributed by atoms with Gasteiger partial charge in [0.2, 0.25) is 0 Å². The van der Waals surface area contributed by atoms with Crippen molar-refractivity contribution < 1.29 is 5.11 Å². The second-order valence-electron chi connectivity index (χ2n) is 4.09. The molecule has 1 fully saturated rings. The molecule has 2 heteroatoms. The number of hydrogen-bond donors (Lipinski definition) is 2. The first-order valence-corrected chi connectivity index (χ1v) is 4.52. The summed E-state index contributed by atoms with van der Waals surface area (Å²) in [5.74, 6) is 1.10. The van der Waals surface area contributed by atoms with Gasteiger partial charge in [-0.25, -0.2) is 0 Å². The van der Waals surface area contributed by atoms with E-state index in [0.717, 1.165) is 18.9 Å². The number of nitrogens with one attached hydrogen (secondary N) is 1. The monoisotopic (exact) mass is 157 g/mol. The van der Waals surface area contributed by atoms with Gasteiger partial charge in [-0.1, -0.05) is 20.8 Å². The van der Waals surface area contributed by atoms with Gasteiger partial charge >= 0.3 is 0 Å². The number of aliphatic hydroxyl groups is 1. The van der Waals surface area contributed by atoms with Gasteiger partial charge < -0.3 is 10.4 Å². The summed E-state index contributed by atoms with van der Waals surface area (Å²) in [5.41, 5.74) is 0. The van der Waals surface area contributed by atoms with Crippen molar-refractivity contribution in [2.45, 2.75) is 39.3 Å². The second-order valence-corrected chi connectivity index (χ2v) is 4.09. The Balaban J connectivity index is 2.36. The molecule has 11 heavy (non-hydrogen) atoms. The van der Waals surface area contributed by atoms with E-state index in [1.807, 2.05) is 0 Å². The Morgan fingerprint density at radius 2 is 2.09 bits per heavy atom. The topological polar surface area (TPSA) is 32.3 Å². The van der Waals surface area contributed by atoms with Crippen molar-refractivity contribution in [3.8, 4) is 0 Å².